The molecule has 2 atom stereocenters. The first kappa shape index (κ1) is 18.5. The minimum Gasteiger partial charge on any atom is -0.508 e. The summed E-state index contributed by atoms with van der Waals surface area (Å²) < 4.78 is 0. The average molecular weight is 341 g/mol. The molecule has 5 N–H and O–H groups in total. The number of aromatic hydroxyl groups is 1. The molecule has 0 bridgehead atoms. The summed E-state index contributed by atoms with van der Waals surface area (Å²) in [6.45, 7) is 1.77. The number of carbonyl (C=O) groups is 2. The first-order chi connectivity index (χ1) is 11.9. The van der Waals surface area contributed by atoms with Crippen LogP contribution in [0.2, 0.25) is 0 Å². The number of nitrogens with two attached hydrogens (primary N) is 1. The zero-order valence-electron chi connectivity index (χ0n) is 14.3. The fraction of sp³-hybridized carbons (Fsp3) is 0.263. The van der Waals surface area contributed by atoms with Crippen LogP contribution < -0.4 is 16.4 Å². The molecule has 0 aromatic heterocycles. The number of rotatable bonds is 7. The average Bonchev–Trinajstić information content (AvgIpc) is 2.59. The molecule has 0 aliphatic heterocycles. The molecule has 0 spiro atoms. The van der Waals surface area contributed by atoms with E-state index >= 15 is 0 Å². The number of primary amides is 1. The molecule has 25 heavy (non-hydrogen) atoms. The van der Waals surface area contributed by atoms with Crippen LogP contribution in [-0.4, -0.2) is 30.0 Å². The standard InChI is InChI=1S/C19H23N3O3/c1-12-10-13(8-9-16(12)23)11-15(18(20)24)22-19(25)17(21-2)14-6-4-3-5-7-14/h3-10,15,17,21,23H,11H2,1-2H3,(H2,20,24)(H,22,25)/t15-,17-/m0/s1. The Morgan fingerprint density at radius 2 is 1.84 bits per heavy atom. The third kappa shape index (κ3) is 4.81. The van der Waals surface area contributed by atoms with E-state index in [1.165, 1.54) is 0 Å². The van der Waals surface area contributed by atoms with Crippen LogP contribution in [0.4, 0.5) is 0 Å². The van der Waals surface area contributed by atoms with Crippen LogP contribution >= 0.6 is 0 Å². The Labute approximate surface area is 147 Å². The number of nitrogens with one attached hydrogen (secondary N) is 2. The molecule has 0 aliphatic carbocycles. The maximum atomic E-state index is 12.6. The quantitative estimate of drug-likeness (QED) is 0.607. The van der Waals surface area contributed by atoms with Gasteiger partial charge >= 0.3 is 0 Å². The van der Waals surface area contributed by atoms with Gasteiger partial charge in [0.05, 0.1) is 0 Å². The number of amides is 2. The van der Waals surface area contributed by atoms with Gasteiger partial charge in [0.2, 0.25) is 11.8 Å². The number of carbonyl (C=O) groups excluding carboxylic acids is 2. The number of hydrogen-bond acceptors (Lipinski definition) is 4. The van der Waals surface area contributed by atoms with Gasteiger partial charge in [-0.25, -0.2) is 0 Å². The first-order valence-electron chi connectivity index (χ1n) is 8.02. The Morgan fingerprint density at radius 3 is 2.40 bits per heavy atom. The van der Waals surface area contributed by atoms with Gasteiger partial charge in [-0.15, -0.1) is 0 Å². The molecule has 2 aromatic carbocycles. The molecule has 0 aliphatic rings. The van der Waals surface area contributed by atoms with Gasteiger partial charge in [-0.05, 0) is 36.7 Å². The van der Waals surface area contributed by atoms with Gasteiger partial charge < -0.3 is 21.5 Å². The van der Waals surface area contributed by atoms with Gasteiger partial charge in [0, 0.05) is 6.42 Å². The van der Waals surface area contributed by atoms with Crippen molar-refractivity contribution in [2.75, 3.05) is 7.05 Å². The maximum absolute atomic E-state index is 12.6. The van der Waals surface area contributed by atoms with Crippen LogP contribution in [0.5, 0.6) is 5.75 Å². The summed E-state index contributed by atoms with van der Waals surface area (Å²) in [4.78, 5) is 24.4. The summed E-state index contributed by atoms with van der Waals surface area (Å²) in [7, 11) is 1.68. The molecule has 2 aromatic rings. The van der Waals surface area contributed by atoms with E-state index in [4.69, 9.17) is 5.73 Å². The monoisotopic (exact) mass is 341 g/mol. The van der Waals surface area contributed by atoms with Crippen molar-refractivity contribution in [1.29, 1.82) is 0 Å². The summed E-state index contributed by atoms with van der Waals surface area (Å²) in [5.41, 5.74) is 7.76. The largest absolute Gasteiger partial charge is 0.508 e. The van der Waals surface area contributed by atoms with Gasteiger partial charge in [0.25, 0.3) is 0 Å². The molecule has 6 nitrogen and oxygen atoms in total. The number of phenols is 1. The number of aryl methyl sites for hydroxylation is 1. The third-order valence-electron chi connectivity index (χ3n) is 4.04. The lowest BCUT2D eigenvalue weighted by molar-refractivity contribution is -0.128. The predicted molar refractivity (Wildman–Crippen MR) is 95.9 cm³/mol. The fourth-order valence-electron chi connectivity index (χ4n) is 2.65. The summed E-state index contributed by atoms with van der Waals surface area (Å²) in [6.07, 6.45) is 0.257. The van der Waals surface area contributed by atoms with Crippen molar-refractivity contribution in [2.24, 2.45) is 5.73 Å². The van der Waals surface area contributed by atoms with Crippen molar-refractivity contribution in [1.82, 2.24) is 10.6 Å². The van der Waals surface area contributed by atoms with Crippen molar-refractivity contribution in [2.45, 2.75) is 25.4 Å². The van der Waals surface area contributed by atoms with Crippen LogP contribution in [-0.2, 0) is 16.0 Å². The normalized spacial score (nSPS) is 13.0. The van der Waals surface area contributed by atoms with Crippen LogP contribution in [0.3, 0.4) is 0 Å². The van der Waals surface area contributed by atoms with Gasteiger partial charge in [0.15, 0.2) is 0 Å². The van der Waals surface area contributed by atoms with Crippen molar-refractivity contribution in [3.8, 4) is 5.75 Å². The van der Waals surface area contributed by atoms with E-state index in [0.717, 1.165) is 11.1 Å². The van der Waals surface area contributed by atoms with Crippen LogP contribution in [0, 0.1) is 6.92 Å². The number of phenolic OH excluding ortho intramolecular Hbond substituents is 1. The molecule has 132 valence electrons. The Bertz CT molecular complexity index is 747. The van der Waals surface area contributed by atoms with Crippen LogP contribution in [0.15, 0.2) is 48.5 Å². The lowest BCUT2D eigenvalue weighted by atomic mass is 10.0. The fourth-order valence-corrected chi connectivity index (χ4v) is 2.65. The summed E-state index contributed by atoms with van der Waals surface area (Å²) >= 11 is 0. The van der Waals surface area contributed by atoms with Crippen molar-refractivity contribution in [3.05, 3.63) is 65.2 Å². The summed E-state index contributed by atoms with van der Waals surface area (Å²) in [5, 5.41) is 15.2. The lowest BCUT2D eigenvalue weighted by Crippen LogP contribution is -2.49. The second-order valence-corrected chi connectivity index (χ2v) is 5.92. The predicted octanol–water partition coefficient (Wildman–Crippen LogP) is 1.17. The Morgan fingerprint density at radius 1 is 1.16 bits per heavy atom. The molecule has 0 radical (unpaired) electrons. The first-order valence-corrected chi connectivity index (χ1v) is 8.02. The van der Waals surface area contributed by atoms with Crippen molar-refractivity contribution < 1.29 is 14.7 Å². The zero-order chi connectivity index (χ0) is 18.4. The molecular formula is C19H23N3O3. The van der Waals surface area contributed by atoms with E-state index < -0.39 is 18.0 Å². The topological polar surface area (TPSA) is 104 Å². The van der Waals surface area contributed by atoms with Crippen molar-refractivity contribution in [3.63, 3.8) is 0 Å². The third-order valence-corrected chi connectivity index (χ3v) is 4.04. The summed E-state index contributed by atoms with van der Waals surface area (Å²) in [6, 6.07) is 12.8. The molecule has 2 amide bonds. The van der Waals surface area contributed by atoms with E-state index in [9.17, 15) is 14.7 Å². The van der Waals surface area contributed by atoms with E-state index in [1.807, 2.05) is 30.3 Å². The highest BCUT2D eigenvalue weighted by molar-refractivity contribution is 5.89. The van der Waals surface area contributed by atoms with E-state index in [2.05, 4.69) is 10.6 Å². The Hall–Kier alpha value is -2.86. The second kappa shape index (κ2) is 8.30. The molecule has 0 unspecified atom stereocenters. The maximum Gasteiger partial charge on any atom is 0.242 e. The van der Waals surface area contributed by atoms with Crippen molar-refractivity contribution >= 4 is 11.8 Å². The molecule has 0 saturated heterocycles. The van der Waals surface area contributed by atoms with E-state index in [0.29, 0.717) is 5.56 Å². The number of hydrogen-bond donors (Lipinski definition) is 4. The zero-order valence-corrected chi connectivity index (χ0v) is 14.3. The SMILES string of the molecule is CN[C@H](C(=O)N[C@@H](Cc1ccc(O)c(C)c1)C(N)=O)c1ccccc1. The number of likely N-dealkylation sites (N-methyl/N-ethyl adjacent to an activating group) is 1. The van der Waals surface area contributed by atoms with E-state index in [-0.39, 0.29) is 18.1 Å². The highest BCUT2D eigenvalue weighted by Crippen LogP contribution is 2.18. The smallest absolute Gasteiger partial charge is 0.242 e. The van der Waals surface area contributed by atoms with Gasteiger partial charge in [-0.3, -0.25) is 9.59 Å². The lowest BCUT2D eigenvalue weighted by Gasteiger charge is -2.21. The van der Waals surface area contributed by atoms with E-state index in [1.54, 1.807) is 32.2 Å². The Kier molecular flexibility index (Phi) is 6.14. The minimum absolute atomic E-state index is 0.183. The van der Waals surface area contributed by atoms with Gasteiger partial charge in [-0.2, -0.15) is 0 Å². The molecular weight excluding hydrogens is 318 g/mol. The molecule has 6 heteroatoms. The molecule has 0 heterocycles. The molecule has 2 rings (SSSR count). The molecule has 0 fully saturated rings. The number of benzene rings is 2. The molecule has 0 saturated carbocycles. The van der Waals surface area contributed by atoms with Crippen LogP contribution in [0.1, 0.15) is 22.7 Å². The Balaban J connectivity index is 2.13. The highest BCUT2D eigenvalue weighted by atomic mass is 16.3. The highest BCUT2D eigenvalue weighted by Gasteiger charge is 2.24. The second-order valence-electron chi connectivity index (χ2n) is 5.92. The van der Waals surface area contributed by atoms with Gasteiger partial charge in [0.1, 0.15) is 17.8 Å². The van der Waals surface area contributed by atoms with Crippen LogP contribution in [0.25, 0.3) is 0 Å². The van der Waals surface area contributed by atoms with Gasteiger partial charge in [-0.1, -0.05) is 42.5 Å². The summed E-state index contributed by atoms with van der Waals surface area (Å²) in [5.74, 6) is -0.752. The minimum atomic E-state index is -0.837.